The number of nitrogens with zero attached hydrogens (tertiary/aromatic N) is 2. The lowest BCUT2D eigenvalue weighted by atomic mass is 10.2. The van der Waals surface area contributed by atoms with Gasteiger partial charge in [0.15, 0.2) is 11.5 Å². The van der Waals surface area contributed by atoms with Crippen molar-refractivity contribution in [1.82, 2.24) is 9.61 Å². The fourth-order valence-electron chi connectivity index (χ4n) is 1.95. The second-order valence-corrected chi connectivity index (χ2v) is 5.83. The van der Waals surface area contributed by atoms with Gasteiger partial charge in [-0.3, -0.25) is 10.1 Å². The molecule has 0 spiro atoms. The second kappa shape index (κ2) is 5.67. The highest BCUT2D eigenvalue weighted by Crippen LogP contribution is 2.28. The molecule has 2 aromatic rings. The smallest absolute Gasteiger partial charge is 0.412 e. The number of fused-ring (bicyclic) bond motifs is 1. The number of carbonyl (C=O) groups excluding carboxylic acids is 2. The van der Waals surface area contributed by atoms with Crippen molar-refractivity contribution in [3.8, 4) is 5.75 Å². The predicted octanol–water partition coefficient (Wildman–Crippen LogP) is 2.89. The van der Waals surface area contributed by atoms with Crippen LogP contribution in [-0.4, -0.2) is 34.2 Å². The van der Waals surface area contributed by atoms with E-state index < -0.39 is 11.7 Å². The van der Waals surface area contributed by atoms with Gasteiger partial charge in [0, 0.05) is 0 Å². The van der Waals surface area contributed by atoms with Gasteiger partial charge in [0.2, 0.25) is 0 Å². The maximum Gasteiger partial charge on any atom is 0.412 e. The molecule has 0 aliphatic carbocycles. The van der Waals surface area contributed by atoms with E-state index in [-0.39, 0.29) is 5.78 Å². The summed E-state index contributed by atoms with van der Waals surface area (Å²) in [6.07, 6.45) is 2.47. The molecule has 0 bridgehead atoms. The zero-order chi connectivity index (χ0) is 16.5. The van der Waals surface area contributed by atoms with Crippen molar-refractivity contribution in [2.45, 2.75) is 33.3 Å². The average Bonchev–Trinajstić information content (AvgIpc) is 2.78. The Morgan fingerprint density at radius 2 is 2.00 bits per heavy atom. The molecule has 1 N–H and O–H groups in total. The van der Waals surface area contributed by atoms with E-state index >= 15 is 0 Å². The van der Waals surface area contributed by atoms with E-state index in [0.29, 0.717) is 22.5 Å². The number of anilines is 1. The zero-order valence-electron chi connectivity index (χ0n) is 13.3. The van der Waals surface area contributed by atoms with E-state index in [9.17, 15) is 9.59 Å². The number of pyridine rings is 1. The van der Waals surface area contributed by atoms with Gasteiger partial charge in [-0.15, -0.1) is 0 Å². The third kappa shape index (κ3) is 3.36. The fourth-order valence-corrected chi connectivity index (χ4v) is 1.95. The molecule has 0 aliphatic heterocycles. The maximum atomic E-state index is 11.9. The highest BCUT2D eigenvalue weighted by molar-refractivity contribution is 6.01. The molecule has 118 valence electrons. The number of hydrogen-bond acceptors (Lipinski definition) is 5. The Kier molecular flexibility index (Phi) is 4.07. The van der Waals surface area contributed by atoms with Crippen LogP contribution in [0, 0.1) is 0 Å². The zero-order valence-corrected chi connectivity index (χ0v) is 13.3. The number of nitrogens with one attached hydrogen (secondary N) is 1. The number of Topliss-reactive ketones (excluding diaryl/α,β-unsaturated/α-hetero) is 1. The minimum atomic E-state index is -0.609. The molecule has 1 amide bonds. The van der Waals surface area contributed by atoms with Gasteiger partial charge >= 0.3 is 6.09 Å². The maximum absolute atomic E-state index is 11.9. The van der Waals surface area contributed by atoms with Crippen LogP contribution >= 0.6 is 0 Å². The van der Waals surface area contributed by atoms with Crippen LogP contribution in [-0.2, 0) is 4.74 Å². The third-order valence-electron chi connectivity index (χ3n) is 2.85. The molecule has 2 heterocycles. The third-order valence-corrected chi connectivity index (χ3v) is 2.85. The van der Waals surface area contributed by atoms with E-state index in [4.69, 9.17) is 9.47 Å². The molecular weight excluding hydrogens is 286 g/mol. The van der Waals surface area contributed by atoms with Crippen molar-refractivity contribution in [3.63, 3.8) is 0 Å². The Balaban J connectivity index is 2.41. The van der Waals surface area contributed by atoms with E-state index in [1.807, 2.05) is 0 Å². The number of aromatic nitrogens is 2. The lowest BCUT2D eigenvalue weighted by molar-refractivity contribution is 0.0635. The summed E-state index contributed by atoms with van der Waals surface area (Å²) in [4.78, 5) is 23.5. The molecule has 0 radical (unpaired) electrons. The van der Waals surface area contributed by atoms with Gasteiger partial charge in [-0.25, -0.2) is 9.31 Å². The largest absolute Gasteiger partial charge is 0.493 e. The molecule has 0 saturated carbocycles. The number of ether oxygens (including phenoxy) is 2. The first-order chi connectivity index (χ1) is 10.2. The number of methoxy groups -OCH3 is 1. The SMILES string of the molecule is COc1cn2ncc(C(C)=O)c2cc1NC(=O)OC(C)(C)C. The predicted molar refractivity (Wildman–Crippen MR) is 81.6 cm³/mol. The quantitative estimate of drug-likeness (QED) is 0.882. The van der Waals surface area contributed by atoms with Gasteiger partial charge < -0.3 is 9.47 Å². The monoisotopic (exact) mass is 305 g/mol. The second-order valence-electron chi connectivity index (χ2n) is 5.83. The molecule has 2 rings (SSSR count). The minimum Gasteiger partial charge on any atom is -0.493 e. The van der Waals surface area contributed by atoms with Crippen LogP contribution < -0.4 is 10.1 Å². The highest BCUT2D eigenvalue weighted by Gasteiger charge is 2.19. The summed E-state index contributed by atoms with van der Waals surface area (Å²) in [6.45, 7) is 6.79. The number of ketones is 1. The molecule has 7 heteroatoms. The Morgan fingerprint density at radius 1 is 1.32 bits per heavy atom. The first kappa shape index (κ1) is 15.8. The lowest BCUT2D eigenvalue weighted by Crippen LogP contribution is -2.27. The Bertz CT molecular complexity index is 728. The van der Waals surface area contributed by atoms with Gasteiger partial charge in [0.1, 0.15) is 5.60 Å². The van der Waals surface area contributed by atoms with Crippen LogP contribution in [0.4, 0.5) is 10.5 Å². The summed E-state index contributed by atoms with van der Waals surface area (Å²) in [6, 6.07) is 1.63. The van der Waals surface area contributed by atoms with Crippen molar-refractivity contribution in [2.24, 2.45) is 0 Å². The summed E-state index contributed by atoms with van der Waals surface area (Å²) in [5.41, 5.74) is 0.851. The van der Waals surface area contributed by atoms with E-state index in [2.05, 4.69) is 10.4 Å². The number of hydrogen-bond donors (Lipinski definition) is 1. The van der Waals surface area contributed by atoms with Crippen LogP contribution in [0.3, 0.4) is 0 Å². The van der Waals surface area contributed by atoms with Gasteiger partial charge in [0.05, 0.1) is 36.3 Å². The summed E-state index contributed by atoms with van der Waals surface area (Å²) < 4.78 is 12.0. The summed E-state index contributed by atoms with van der Waals surface area (Å²) in [5.74, 6) is 0.306. The molecule has 0 saturated heterocycles. The van der Waals surface area contributed by atoms with Crippen molar-refractivity contribution >= 4 is 23.1 Å². The van der Waals surface area contributed by atoms with Crippen LogP contribution in [0.25, 0.3) is 5.52 Å². The standard InChI is InChI=1S/C15H19N3O4/c1-9(19)10-7-16-18-8-13(21-5)11(6-12(10)18)17-14(20)22-15(2,3)4/h6-8H,1-5H3,(H,17,20). The molecule has 7 nitrogen and oxygen atoms in total. The van der Waals surface area contributed by atoms with Crippen LogP contribution in [0.15, 0.2) is 18.5 Å². The van der Waals surface area contributed by atoms with Crippen molar-refractivity contribution in [3.05, 3.63) is 24.0 Å². The molecule has 0 fully saturated rings. The summed E-state index contributed by atoms with van der Waals surface area (Å²) in [7, 11) is 1.48. The molecule has 0 aliphatic rings. The summed E-state index contributed by atoms with van der Waals surface area (Å²) >= 11 is 0. The van der Waals surface area contributed by atoms with Gasteiger partial charge in [-0.1, -0.05) is 0 Å². The van der Waals surface area contributed by atoms with Crippen LogP contribution in [0.1, 0.15) is 38.1 Å². The van der Waals surface area contributed by atoms with E-state index in [0.717, 1.165) is 0 Å². The average molecular weight is 305 g/mol. The molecular formula is C15H19N3O4. The Morgan fingerprint density at radius 3 is 2.55 bits per heavy atom. The van der Waals surface area contributed by atoms with Gasteiger partial charge in [0.25, 0.3) is 0 Å². The van der Waals surface area contributed by atoms with Crippen molar-refractivity contribution in [1.29, 1.82) is 0 Å². The minimum absolute atomic E-state index is 0.108. The van der Waals surface area contributed by atoms with Crippen molar-refractivity contribution < 1.29 is 19.1 Å². The Hall–Kier alpha value is -2.57. The lowest BCUT2D eigenvalue weighted by Gasteiger charge is -2.20. The number of rotatable bonds is 3. The Labute approximate surface area is 128 Å². The highest BCUT2D eigenvalue weighted by atomic mass is 16.6. The topological polar surface area (TPSA) is 81.9 Å². The van der Waals surface area contributed by atoms with E-state index in [1.54, 1.807) is 33.0 Å². The molecule has 22 heavy (non-hydrogen) atoms. The van der Waals surface area contributed by atoms with E-state index in [1.165, 1.54) is 24.7 Å². The summed E-state index contributed by atoms with van der Waals surface area (Å²) in [5, 5.41) is 6.73. The first-order valence-electron chi connectivity index (χ1n) is 6.77. The fraction of sp³-hybridized carbons (Fsp3) is 0.400. The number of carbonyl (C=O) groups is 2. The van der Waals surface area contributed by atoms with Gasteiger partial charge in [-0.05, 0) is 33.8 Å². The molecule has 0 aromatic carbocycles. The molecule has 2 aromatic heterocycles. The molecule has 0 atom stereocenters. The number of amides is 1. The van der Waals surface area contributed by atoms with Gasteiger partial charge in [-0.2, -0.15) is 5.10 Å². The molecule has 0 unspecified atom stereocenters. The normalized spacial score (nSPS) is 11.3. The van der Waals surface area contributed by atoms with Crippen LogP contribution in [0.5, 0.6) is 5.75 Å². The van der Waals surface area contributed by atoms with Crippen molar-refractivity contribution in [2.75, 3.05) is 12.4 Å². The first-order valence-corrected chi connectivity index (χ1v) is 6.77. The van der Waals surface area contributed by atoms with Crippen LogP contribution in [0.2, 0.25) is 0 Å².